The number of hydrogen-bond donors (Lipinski definition) is 0. The first kappa shape index (κ1) is 12.5. The van der Waals surface area contributed by atoms with Gasteiger partial charge in [0.05, 0.1) is 5.01 Å². The summed E-state index contributed by atoms with van der Waals surface area (Å²) >= 11 is 1.83. The van der Waals surface area contributed by atoms with E-state index < -0.39 is 5.92 Å². The first-order valence-electron chi connectivity index (χ1n) is 6.95. The first-order chi connectivity index (χ1) is 8.62. The Morgan fingerprint density at radius 1 is 1.22 bits per heavy atom. The number of thiazole rings is 1. The summed E-state index contributed by atoms with van der Waals surface area (Å²) in [6, 6.07) is 0. The Labute approximate surface area is 111 Å². The second-order valence-electron chi connectivity index (χ2n) is 5.78. The molecule has 0 atom stereocenters. The number of halogens is 2. The van der Waals surface area contributed by atoms with Crippen molar-refractivity contribution >= 4 is 11.3 Å². The molecule has 0 aromatic carbocycles. The summed E-state index contributed by atoms with van der Waals surface area (Å²) in [6.45, 7) is 0. The molecule has 1 heterocycles. The molecule has 4 heteroatoms. The Morgan fingerprint density at radius 2 is 1.94 bits per heavy atom. The molecule has 2 saturated carbocycles. The highest BCUT2D eigenvalue weighted by atomic mass is 32.1. The zero-order chi connectivity index (χ0) is 12.6. The third-order valence-corrected chi connectivity index (χ3v) is 5.35. The van der Waals surface area contributed by atoms with Gasteiger partial charge >= 0.3 is 0 Å². The lowest BCUT2D eigenvalue weighted by Gasteiger charge is -2.27. The van der Waals surface area contributed by atoms with Crippen LogP contribution in [0.4, 0.5) is 8.78 Å². The van der Waals surface area contributed by atoms with Crippen LogP contribution >= 0.6 is 11.3 Å². The molecule has 100 valence electrons. The average molecular weight is 271 g/mol. The van der Waals surface area contributed by atoms with Gasteiger partial charge in [0.2, 0.25) is 5.92 Å². The topological polar surface area (TPSA) is 12.9 Å². The molecule has 0 saturated heterocycles. The molecule has 1 aromatic heterocycles. The standard InChI is InChI=1S/C14H19F2NS/c15-14(16)7-5-10(6-8-14)1-4-12-9-17-13(18-12)11-2-3-11/h9-11H,1-8H2. The zero-order valence-corrected chi connectivity index (χ0v) is 11.3. The molecular formula is C14H19F2NS. The van der Waals surface area contributed by atoms with Crippen LogP contribution in [0.15, 0.2) is 6.20 Å². The summed E-state index contributed by atoms with van der Waals surface area (Å²) in [5.41, 5.74) is 0. The van der Waals surface area contributed by atoms with Crippen LogP contribution < -0.4 is 0 Å². The third-order valence-electron chi connectivity index (χ3n) is 4.13. The van der Waals surface area contributed by atoms with Gasteiger partial charge in [-0.3, -0.25) is 0 Å². The lowest BCUT2D eigenvalue weighted by molar-refractivity contribution is -0.0464. The van der Waals surface area contributed by atoms with Crippen LogP contribution in [-0.4, -0.2) is 10.9 Å². The summed E-state index contributed by atoms with van der Waals surface area (Å²) in [5.74, 6) is -1.16. The van der Waals surface area contributed by atoms with Gasteiger partial charge in [-0.15, -0.1) is 11.3 Å². The largest absolute Gasteiger partial charge is 0.249 e. The maximum atomic E-state index is 13.0. The van der Waals surface area contributed by atoms with Crippen LogP contribution in [0, 0.1) is 5.92 Å². The van der Waals surface area contributed by atoms with Crippen molar-refractivity contribution in [2.45, 2.75) is 63.2 Å². The minimum Gasteiger partial charge on any atom is -0.249 e. The fourth-order valence-corrected chi connectivity index (χ4v) is 3.79. The van der Waals surface area contributed by atoms with E-state index in [0.717, 1.165) is 18.8 Å². The summed E-state index contributed by atoms with van der Waals surface area (Å²) in [4.78, 5) is 5.81. The molecule has 0 amide bonds. The van der Waals surface area contributed by atoms with Crippen LogP contribution in [0.2, 0.25) is 0 Å². The van der Waals surface area contributed by atoms with Gasteiger partial charge in [0, 0.05) is 29.8 Å². The van der Waals surface area contributed by atoms with Crippen molar-refractivity contribution in [3.63, 3.8) is 0 Å². The molecule has 3 rings (SSSR count). The molecule has 0 radical (unpaired) electrons. The molecule has 0 aliphatic heterocycles. The fourth-order valence-electron chi connectivity index (χ4n) is 2.69. The number of hydrogen-bond acceptors (Lipinski definition) is 2. The maximum Gasteiger partial charge on any atom is 0.248 e. The molecule has 0 bridgehead atoms. The number of nitrogens with zero attached hydrogens (tertiary/aromatic N) is 1. The van der Waals surface area contributed by atoms with Crippen LogP contribution in [0.3, 0.4) is 0 Å². The van der Waals surface area contributed by atoms with E-state index in [9.17, 15) is 8.78 Å². The smallest absolute Gasteiger partial charge is 0.248 e. The van der Waals surface area contributed by atoms with Gasteiger partial charge in [0.25, 0.3) is 0 Å². The maximum absolute atomic E-state index is 13.0. The van der Waals surface area contributed by atoms with E-state index in [4.69, 9.17) is 0 Å². The number of aryl methyl sites for hydroxylation is 1. The molecule has 2 fully saturated rings. The molecule has 0 N–H and O–H groups in total. The quantitative estimate of drug-likeness (QED) is 0.768. The van der Waals surface area contributed by atoms with Gasteiger partial charge in [-0.25, -0.2) is 13.8 Å². The first-order valence-corrected chi connectivity index (χ1v) is 7.76. The Hall–Kier alpha value is -0.510. The Morgan fingerprint density at radius 3 is 2.61 bits per heavy atom. The Kier molecular flexibility index (Phi) is 3.39. The Bertz CT molecular complexity index is 402. The number of aromatic nitrogens is 1. The van der Waals surface area contributed by atoms with E-state index >= 15 is 0 Å². The van der Waals surface area contributed by atoms with Crippen molar-refractivity contribution in [1.82, 2.24) is 4.98 Å². The summed E-state index contributed by atoms with van der Waals surface area (Å²) in [5, 5.41) is 1.29. The van der Waals surface area contributed by atoms with E-state index in [0.29, 0.717) is 18.8 Å². The van der Waals surface area contributed by atoms with Gasteiger partial charge in [-0.05, 0) is 44.4 Å². The van der Waals surface area contributed by atoms with Gasteiger partial charge in [0.1, 0.15) is 0 Å². The summed E-state index contributed by atoms with van der Waals surface area (Å²) in [6.07, 6.45) is 8.25. The van der Waals surface area contributed by atoms with Crippen LogP contribution in [0.25, 0.3) is 0 Å². The minimum atomic E-state index is -2.39. The molecule has 18 heavy (non-hydrogen) atoms. The van der Waals surface area contributed by atoms with Crippen LogP contribution in [0.1, 0.15) is 60.7 Å². The van der Waals surface area contributed by atoms with Crippen molar-refractivity contribution in [1.29, 1.82) is 0 Å². The predicted octanol–water partition coefficient (Wildman–Crippen LogP) is 4.78. The van der Waals surface area contributed by atoms with Crippen molar-refractivity contribution in [3.05, 3.63) is 16.1 Å². The number of alkyl halides is 2. The highest BCUT2D eigenvalue weighted by Gasteiger charge is 2.34. The lowest BCUT2D eigenvalue weighted by Crippen LogP contribution is -2.24. The van der Waals surface area contributed by atoms with Crippen molar-refractivity contribution < 1.29 is 8.78 Å². The predicted molar refractivity (Wildman–Crippen MR) is 69.3 cm³/mol. The van der Waals surface area contributed by atoms with Crippen LogP contribution in [0.5, 0.6) is 0 Å². The van der Waals surface area contributed by atoms with E-state index in [1.54, 1.807) is 0 Å². The molecule has 0 unspecified atom stereocenters. The van der Waals surface area contributed by atoms with Crippen molar-refractivity contribution in [2.24, 2.45) is 5.92 Å². The van der Waals surface area contributed by atoms with Crippen molar-refractivity contribution in [2.75, 3.05) is 0 Å². The molecule has 0 spiro atoms. The fraction of sp³-hybridized carbons (Fsp3) is 0.786. The second kappa shape index (κ2) is 4.87. The van der Waals surface area contributed by atoms with E-state index in [2.05, 4.69) is 4.98 Å². The summed E-state index contributed by atoms with van der Waals surface area (Å²) < 4.78 is 26.1. The highest BCUT2D eigenvalue weighted by molar-refractivity contribution is 7.11. The molecular weight excluding hydrogens is 252 g/mol. The lowest BCUT2D eigenvalue weighted by atomic mass is 9.84. The highest BCUT2D eigenvalue weighted by Crippen LogP contribution is 2.42. The van der Waals surface area contributed by atoms with Gasteiger partial charge in [0.15, 0.2) is 0 Å². The van der Waals surface area contributed by atoms with Gasteiger partial charge in [-0.2, -0.15) is 0 Å². The molecule has 1 nitrogen and oxygen atoms in total. The minimum absolute atomic E-state index is 0.0910. The van der Waals surface area contributed by atoms with Gasteiger partial charge < -0.3 is 0 Å². The molecule has 2 aliphatic carbocycles. The SMILES string of the molecule is FC1(F)CCC(CCc2cnc(C3CC3)s2)CC1. The Balaban J connectivity index is 1.46. The van der Waals surface area contributed by atoms with Gasteiger partial charge in [-0.1, -0.05) is 0 Å². The van der Waals surface area contributed by atoms with E-state index in [1.807, 2.05) is 17.5 Å². The zero-order valence-electron chi connectivity index (χ0n) is 10.5. The second-order valence-corrected chi connectivity index (χ2v) is 6.92. The normalized spacial score (nSPS) is 24.3. The third kappa shape index (κ3) is 3.08. The monoisotopic (exact) mass is 271 g/mol. The summed E-state index contributed by atoms with van der Waals surface area (Å²) in [7, 11) is 0. The van der Waals surface area contributed by atoms with E-state index in [1.165, 1.54) is 22.7 Å². The van der Waals surface area contributed by atoms with E-state index in [-0.39, 0.29) is 12.8 Å². The van der Waals surface area contributed by atoms with Crippen LogP contribution in [-0.2, 0) is 6.42 Å². The molecule has 2 aliphatic rings. The average Bonchev–Trinajstić information content (AvgIpc) is 3.08. The van der Waals surface area contributed by atoms with Crippen molar-refractivity contribution in [3.8, 4) is 0 Å². The molecule has 1 aromatic rings. The number of rotatable bonds is 4.